The van der Waals surface area contributed by atoms with Crippen LogP contribution in [0.1, 0.15) is 22.3 Å². The number of aryl methyl sites for hydroxylation is 4. The van der Waals surface area contributed by atoms with Gasteiger partial charge in [-0.25, -0.2) is 0 Å². The quantitative estimate of drug-likeness (QED) is 0.108. The minimum absolute atomic E-state index is 1.13. The molecule has 28 aromatic rings. The van der Waals surface area contributed by atoms with Gasteiger partial charge < -0.3 is 9.13 Å². The maximum absolute atomic E-state index is 2.48. The number of aromatic nitrogens is 2. The molecule has 0 saturated carbocycles. The van der Waals surface area contributed by atoms with E-state index in [4.69, 9.17) is 0 Å². The third-order valence-corrected chi connectivity index (χ3v) is 32.6. The number of thiophene rings is 3. The fourth-order valence-corrected chi connectivity index (χ4v) is 26.4. The Labute approximate surface area is 817 Å². The van der Waals surface area contributed by atoms with Gasteiger partial charge in [0.2, 0.25) is 0 Å². The second-order valence-corrected chi connectivity index (χ2v) is 40.6. The van der Waals surface area contributed by atoms with E-state index in [-0.39, 0.29) is 0 Å². The average Bonchev–Trinajstić information content (AvgIpc) is 1.62. The van der Waals surface area contributed by atoms with Crippen molar-refractivity contribution in [2.45, 2.75) is 27.7 Å². The van der Waals surface area contributed by atoms with Crippen LogP contribution < -0.4 is 0 Å². The molecule has 0 bridgehead atoms. The lowest BCUT2D eigenvalue weighted by Gasteiger charge is -2.18. The predicted octanol–water partition coefficient (Wildman–Crippen LogP) is 39.2. The van der Waals surface area contributed by atoms with E-state index >= 15 is 0 Å². The zero-order chi connectivity index (χ0) is 92.2. The molecule has 0 atom stereocenters. The van der Waals surface area contributed by atoms with Crippen molar-refractivity contribution < 1.29 is 0 Å². The van der Waals surface area contributed by atoms with Crippen LogP contribution in [0.2, 0.25) is 0 Å². The summed E-state index contributed by atoms with van der Waals surface area (Å²) >= 11 is 5.74. The summed E-state index contributed by atoms with van der Waals surface area (Å²) in [5, 5.41) is 23.0. The Balaban J connectivity index is 0.000000140. The SMILES string of the molecule is Cc1ccc2sc3c(-c4ccc5c(c4)c4cc(-c6cc(C)cc7c6sc6ccc(C)cc67)ccc4n5-c4ccc(-c5c6ccccc6c(-c6ccccc6)c6ccccc56)cc4)cc(C)cc3c2c1.c1ccc(-c2cc(-c3ccccc3)c3sc4c(-c5ccc6c7ccccc7n(-c7ccc(-c8c9ccccc9c(-c9ccccc9)c9ccccc89)cc7)c6c5)cc(-c5ccccc5)cc4c3c2)cc1. The van der Waals surface area contributed by atoms with E-state index in [0.717, 1.165) is 11.4 Å². The van der Waals surface area contributed by atoms with Gasteiger partial charge in [0.1, 0.15) is 0 Å². The molecule has 2 nitrogen and oxygen atoms in total. The van der Waals surface area contributed by atoms with E-state index in [1.807, 2.05) is 34.0 Å². The lowest BCUT2D eigenvalue weighted by atomic mass is 9.86. The first-order valence-electron chi connectivity index (χ1n) is 48.0. The molecule has 23 aromatic carbocycles. The van der Waals surface area contributed by atoms with Gasteiger partial charge >= 0.3 is 0 Å². The van der Waals surface area contributed by atoms with Gasteiger partial charge in [-0.05, 0) is 316 Å². The number of benzene rings is 23. The maximum atomic E-state index is 2.48. The molecule has 0 saturated heterocycles. The van der Waals surface area contributed by atoms with Crippen LogP contribution in [0.4, 0.5) is 0 Å². The Hall–Kier alpha value is -16.6. The van der Waals surface area contributed by atoms with E-state index in [2.05, 4.69) is 498 Å². The molecule has 0 N–H and O–H groups in total. The molecule has 652 valence electrons. The third-order valence-electron chi connectivity index (χ3n) is 28.9. The van der Waals surface area contributed by atoms with Crippen molar-refractivity contribution in [3.63, 3.8) is 0 Å². The Kier molecular flexibility index (Phi) is 19.5. The fraction of sp³-hybridized carbons (Fsp3) is 0.0299. The second kappa shape index (κ2) is 33.1. The Morgan fingerprint density at radius 1 is 0.144 bits per heavy atom. The summed E-state index contributed by atoms with van der Waals surface area (Å²) in [5.74, 6) is 0. The minimum atomic E-state index is 1.13. The molecule has 0 aliphatic rings. The van der Waals surface area contributed by atoms with E-state index in [1.54, 1.807) is 0 Å². The van der Waals surface area contributed by atoms with Crippen molar-refractivity contribution in [3.05, 3.63) is 483 Å². The maximum Gasteiger partial charge on any atom is 0.0547 e. The van der Waals surface area contributed by atoms with Gasteiger partial charge in [0.05, 0.1) is 22.1 Å². The standard InChI is InChI=1S/C68H43NS.C66H45NS2/c1-5-19-44(20-6-1)50-39-59(46-23-9-3-10-24-46)67-61(41-50)62-42-51(45-21-7-2-8-22-45)40-60(68(62)70-67)49-35-38-54-53-27-17-18-32-63(53)69(64(54)43-49)52-36-33-48(34-37-52)66-57-30-15-13-28-55(57)65(47-25-11-4-12-26-47)56-29-14-16-31-58(56)66;1-38-18-28-61-55(30-38)57-34-40(3)32-51(65(57)68-61)44-22-26-59-53(36-44)54-37-45(52-33-41(4)35-58-56-31-39(2)19-29-62(56)69-66(52)58)23-27-60(54)67(59)46-24-20-43(21-25-46)64-49-16-10-8-14-47(49)63(42-12-6-5-7-13-42)48-15-9-11-17-50(48)64/h1-43H;5-37H,1-4H3. The molecule has 0 amide bonds. The molecule has 0 radical (unpaired) electrons. The number of nitrogens with zero attached hydrogens (tertiary/aromatic N) is 2. The Morgan fingerprint density at radius 3 is 0.820 bits per heavy atom. The number of fused-ring (bicyclic) bond motifs is 19. The van der Waals surface area contributed by atoms with Crippen molar-refractivity contribution in [2.75, 3.05) is 0 Å². The second-order valence-electron chi connectivity index (χ2n) is 37.5. The summed E-state index contributed by atoms with van der Waals surface area (Å²) in [6, 6.07) is 172. The summed E-state index contributed by atoms with van der Waals surface area (Å²) in [7, 11) is 0. The molecular weight excluding hydrogens is 1730 g/mol. The van der Waals surface area contributed by atoms with Gasteiger partial charge in [0, 0.05) is 105 Å². The molecule has 0 aliphatic carbocycles. The van der Waals surface area contributed by atoms with Crippen LogP contribution >= 0.6 is 34.0 Å². The lowest BCUT2D eigenvalue weighted by molar-refractivity contribution is 1.18. The number of hydrogen-bond donors (Lipinski definition) is 0. The van der Waals surface area contributed by atoms with Crippen LogP contribution in [0.15, 0.2) is 461 Å². The highest BCUT2D eigenvalue weighted by Gasteiger charge is 2.27. The van der Waals surface area contributed by atoms with Gasteiger partial charge in [0.15, 0.2) is 0 Å². The summed E-state index contributed by atoms with van der Waals surface area (Å²) in [4.78, 5) is 0. The highest BCUT2D eigenvalue weighted by atomic mass is 32.1. The molecular formula is C134H88N2S3. The van der Waals surface area contributed by atoms with E-state index in [9.17, 15) is 0 Å². The number of para-hydroxylation sites is 1. The number of hydrogen-bond acceptors (Lipinski definition) is 3. The minimum Gasteiger partial charge on any atom is -0.309 e. The fourth-order valence-electron chi connectivity index (χ4n) is 22.6. The summed E-state index contributed by atoms with van der Waals surface area (Å²) in [6.45, 7) is 8.87. The van der Waals surface area contributed by atoms with Crippen molar-refractivity contribution in [2.24, 2.45) is 0 Å². The van der Waals surface area contributed by atoms with Crippen molar-refractivity contribution in [3.8, 4) is 123 Å². The van der Waals surface area contributed by atoms with E-state index < -0.39 is 0 Å². The van der Waals surface area contributed by atoms with Crippen molar-refractivity contribution in [1.29, 1.82) is 0 Å². The lowest BCUT2D eigenvalue weighted by Crippen LogP contribution is -1.95. The first kappa shape index (κ1) is 81.9. The summed E-state index contributed by atoms with van der Waals surface area (Å²) in [6.07, 6.45) is 0. The number of rotatable bonds is 12. The molecule has 5 heterocycles. The van der Waals surface area contributed by atoms with Gasteiger partial charge in [-0.15, -0.1) is 34.0 Å². The molecule has 5 aromatic heterocycles. The first-order chi connectivity index (χ1) is 68.6. The molecule has 139 heavy (non-hydrogen) atoms. The molecule has 0 unspecified atom stereocenters. The Bertz CT molecular complexity index is 9590. The molecule has 28 rings (SSSR count). The van der Waals surface area contributed by atoms with Crippen LogP contribution in [-0.4, -0.2) is 9.13 Å². The zero-order valence-electron chi connectivity index (χ0n) is 77.0. The largest absolute Gasteiger partial charge is 0.309 e. The van der Waals surface area contributed by atoms with Crippen molar-refractivity contribution in [1.82, 2.24) is 9.13 Å². The van der Waals surface area contributed by atoms with Crippen LogP contribution in [-0.2, 0) is 0 Å². The smallest absolute Gasteiger partial charge is 0.0547 e. The predicted molar refractivity (Wildman–Crippen MR) is 604 cm³/mol. The molecule has 0 spiro atoms. The van der Waals surface area contributed by atoms with Crippen LogP contribution in [0.3, 0.4) is 0 Å². The highest BCUT2D eigenvalue weighted by Crippen LogP contribution is 2.53. The third kappa shape index (κ3) is 13.7. The first-order valence-corrected chi connectivity index (χ1v) is 50.4. The summed E-state index contributed by atoms with van der Waals surface area (Å²) in [5.41, 5.74) is 37.0. The van der Waals surface area contributed by atoms with Gasteiger partial charge in [0.25, 0.3) is 0 Å². The monoisotopic (exact) mass is 1820 g/mol. The normalized spacial score (nSPS) is 11.9. The average molecular weight is 1820 g/mol. The molecule has 5 heteroatoms. The van der Waals surface area contributed by atoms with E-state index in [0.29, 0.717) is 0 Å². The topological polar surface area (TPSA) is 9.86 Å². The van der Waals surface area contributed by atoms with Gasteiger partial charge in [-0.1, -0.05) is 339 Å². The van der Waals surface area contributed by atoms with Gasteiger partial charge in [-0.2, -0.15) is 0 Å². The molecule has 0 aliphatic heterocycles. The molecule has 0 fully saturated rings. The summed E-state index contributed by atoms with van der Waals surface area (Å²) < 4.78 is 12.9. The van der Waals surface area contributed by atoms with Crippen LogP contribution in [0.25, 0.3) is 270 Å². The van der Waals surface area contributed by atoms with Crippen molar-refractivity contribution >= 4 is 181 Å². The van der Waals surface area contributed by atoms with E-state index in [1.165, 1.54) is 281 Å². The highest BCUT2D eigenvalue weighted by molar-refractivity contribution is 7.27. The van der Waals surface area contributed by atoms with Crippen LogP contribution in [0.5, 0.6) is 0 Å². The zero-order valence-corrected chi connectivity index (χ0v) is 79.4. The Morgan fingerprint density at radius 2 is 0.417 bits per heavy atom. The van der Waals surface area contributed by atoms with Gasteiger partial charge in [-0.3, -0.25) is 0 Å². The van der Waals surface area contributed by atoms with Crippen LogP contribution in [0, 0.1) is 27.7 Å².